The van der Waals surface area contributed by atoms with E-state index in [4.69, 9.17) is 14.2 Å². The van der Waals surface area contributed by atoms with Crippen LogP contribution in [0, 0.1) is 11.3 Å². The van der Waals surface area contributed by atoms with Crippen molar-refractivity contribution in [2.45, 2.75) is 58.8 Å². The van der Waals surface area contributed by atoms with Gasteiger partial charge in [-0.25, -0.2) is 9.59 Å². The summed E-state index contributed by atoms with van der Waals surface area (Å²) in [7, 11) is 0. The summed E-state index contributed by atoms with van der Waals surface area (Å²) in [6, 6.07) is 0. The lowest BCUT2D eigenvalue weighted by molar-refractivity contribution is -0.152. The van der Waals surface area contributed by atoms with E-state index in [-0.39, 0.29) is 29.4 Å². The van der Waals surface area contributed by atoms with Gasteiger partial charge in [-0.05, 0) is 43.6 Å². The lowest BCUT2D eigenvalue weighted by Crippen LogP contribution is -2.27. The van der Waals surface area contributed by atoms with Crippen LogP contribution in [0.1, 0.15) is 46.5 Å². The Kier molecular flexibility index (Phi) is 3.37. The molecule has 3 atom stereocenters. The lowest BCUT2D eigenvalue weighted by atomic mass is 9.72. The van der Waals surface area contributed by atoms with E-state index in [0.717, 1.165) is 19.3 Å². The smallest absolute Gasteiger partial charge is 0.338 e. The van der Waals surface area contributed by atoms with Crippen molar-refractivity contribution in [3.8, 4) is 0 Å². The molecule has 5 nitrogen and oxygen atoms in total. The lowest BCUT2D eigenvalue weighted by Gasteiger charge is -2.34. The predicted octanol–water partition coefficient (Wildman–Crippen LogP) is 3.17. The molecule has 24 heavy (non-hydrogen) atoms. The number of carbonyl (C=O) groups excluding carboxylic acids is 2. The van der Waals surface area contributed by atoms with Gasteiger partial charge in [-0.15, -0.1) is 0 Å². The SMILES string of the molecule is CC1=C[C@@H](O/C=C2/C(=O)O[C@H]3C4=C(CCCC4(C)C)C[C@@H]23)OC1=O. The van der Waals surface area contributed by atoms with Crippen LogP contribution in [0.4, 0.5) is 0 Å². The zero-order chi connectivity index (χ0) is 17.1. The Hall–Kier alpha value is -2.04. The van der Waals surface area contributed by atoms with Gasteiger partial charge >= 0.3 is 11.9 Å². The molecular formula is C19H22O5. The number of ether oxygens (including phenoxy) is 3. The van der Waals surface area contributed by atoms with Gasteiger partial charge in [0, 0.05) is 17.6 Å². The van der Waals surface area contributed by atoms with Crippen molar-refractivity contribution < 1.29 is 23.8 Å². The first-order valence-electron chi connectivity index (χ1n) is 8.55. The second-order valence-electron chi connectivity index (χ2n) is 7.72. The number of rotatable bonds is 2. The van der Waals surface area contributed by atoms with E-state index < -0.39 is 6.29 Å². The second kappa shape index (κ2) is 5.23. The summed E-state index contributed by atoms with van der Waals surface area (Å²) in [5, 5.41) is 0. The minimum absolute atomic E-state index is 0.0297. The van der Waals surface area contributed by atoms with Gasteiger partial charge in [-0.1, -0.05) is 19.4 Å². The third kappa shape index (κ3) is 2.29. The standard InChI is InChI=1S/C19H22O5/c1-10-7-14(23-17(10)20)22-9-13-12-8-11-5-4-6-19(2,3)15(11)16(12)24-18(13)21/h7,9,12,14,16H,4-6,8H2,1-3H3/b13-9+/t12-,14-,16+/m0/s1. The highest BCUT2D eigenvalue weighted by molar-refractivity contribution is 5.92. The fraction of sp³-hybridized carbons (Fsp3) is 0.579. The first-order valence-corrected chi connectivity index (χ1v) is 8.55. The van der Waals surface area contributed by atoms with Crippen LogP contribution < -0.4 is 0 Å². The normalized spacial score (nSPS) is 35.5. The Morgan fingerprint density at radius 2 is 2.04 bits per heavy atom. The maximum atomic E-state index is 12.3. The van der Waals surface area contributed by atoms with E-state index in [1.807, 2.05) is 0 Å². The molecule has 0 spiro atoms. The highest BCUT2D eigenvalue weighted by Gasteiger charge is 2.52. The van der Waals surface area contributed by atoms with Crippen molar-refractivity contribution >= 4 is 11.9 Å². The van der Waals surface area contributed by atoms with Gasteiger partial charge in [0.2, 0.25) is 0 Å². The van der Waals surface area contributed by atoms with Crippen LogP contribution in [0.25, 0.3) is 0 Å². The van der Waals surface area contributed by atoms with E-state index in [2.05, 4.69) is 13.8 Å². The molecule has 0 aromatic carbocycles. The zero-order valence-electron chi connectivity index (χ0n) is 14.3. The fourth-order valence-electron chi connectivity index (χ4n) is 4.46. The third-order valence-electron chi connectivity index (χ3n) is 5.64. The molecule has 0 aromatic heterocycles. The molecule has 128 valence electrons. The molecule has 4 aliphatic rings. The summed E-state index contributed by atoms with van der Waals surface area (Å²) >= 11 is 0. The Morgan fingerprint density at radius 1 is 1.25 bits per heavy atom. The van der Waals surface area contributed by atoms with Crippen LogP contribution in [-0.2, 0) is 23.8 Å². The minimum atomic E-state index is -0.753. The number of hydrogen-bond acceptors (Lipinski definition) is 5. The van der Waals surface area contributed by atoms with E-state index in [1.165, 1.54) is 23.8 Å². The van der Waals surface area contributed by atoms with Crippen molar-refractivity contribution in [2.75, 3.05) is 0 Å². The second-order valence-corrected chi connectivity index (χ2v) is 7.72. The number of fused-ring (bicyclic) bond motifs is 2. The third-order valence-corrected chi connectivity index (χ3v) is 5.64. The Bertz CT molecular complexity index is 709. The molecular weight excluding hydrogens is 308 g/mol. The van der Waals surface area contributed by atoms with Crippen molar-refractivity contribution in [3.05, 3.63) is 34.6 Å². The van der Waals surface area contributed by atoms with Gasteiger partial charge in [0.25, 0.3) is 6.29 Å². The summed E-state index contributed by atoms with van der Waals surface area (Å²) < 4.78 is 16.2. The molecule has 1 fully saturated rings. The monoisotopic (exact) mass is 330 g/mol. The number of hydrogen-bond donors (Lipinski definition) is 0. The molecule has 0 aromatic rings. The quantitative estimate of drug-likeness (QED) is 0.337. The number of allylic oxidation sites excluding steroid dienone is 1. The van der Waals surface area contributed by atoms with Gasteiger partial charge in [-0.3, -0.25) is 0 Å². The molecule has 2 aliphatic carbocycles. The van der Waals surface area contributed by atoms with Crippen LogP contribution in [0.3, 0.4) is 0 Å². The molecule has 0 N–H and O–H groups in total. The van der Waals surface area contributed by atoms with E-state index in [1.54, 1.807) is 13.0 Å². The molecule has 0 amide bonds. The summed E-state index contributed by atoms with van der Waals surface area (Å²) in [6.45, 7) is 6.15. The van der Waals surface area contributed by atoms with Crippen LogP contribution in [0.2, 0.25) is 0 Å². The summed E-state index contributed by atoms with van der Waals surface area (Å²) in [5.74, 6) is -0.671. The molecule has 0 radical (unpaired) electrons. The van der Waals surface area contributed by atoms with Crippen LogP contribution in [0.5, 0.6) is 0 Å². The topological polar surface area (TPSA) is 61.8 Å². The highest BCUT2D eigenvalue weighted by atomic mass is 16.7. The average molecular weight is 330 g/mol. The first kappa shape index (κ1) is 15.5. The van der Waals surface area contributed by atoms with Gasteiger partial charge in [0.15, 0.2) is 0 Å². The summed E-state index contributed by atoms with van der Waals surface area (Å²) in [6.07, 6.45) is 6.42. The van der Waals surface area contributed by atoms with Gasteiger partial charge in [0.05, 0.1) is 11.8 Å². The predicted molar refractivity (Wildman–Crippen MR) is 85.5 cm³/mol. The summed E-state index contributed by atoms with van der Waals surface area (Å²) in [4.78, 5) is 23.7. The minimum Gasteiger partial charge on any atom is -0.458 e. The summed E-state index contributed by atoms with van der Waals surface area (Å²) in [5.41, 5.74) is 3.93. The largest absolute Gasteiger partial charge is 0.458 e. The highest BCUT2D eigenvalue weighted by Crippen LogP contribution is 2.54. The van der Waals surface area contributed by atoms with Gasteiger partial charge < -0.3 is 14.2 Å². The molecule has 0 bridgehead atoms. The van der Waals surface area contributed by atoms with Crippen molar-refractivity contribution in [1.29, 1.82) is 0 Å². The van der Waals surface area contributed by atoms with E-state index >= 15 is 0 Å². The Morgan fingerprint density at radius 3 is 2.75 bits per heavy atom. The molecule has 2 aliphatic heterocycles. The molecule has 4 rings (SSSR count). The molecule has 2 heterocycles. The molecule has 0 unspecified atom stereocenters. The van der Waals surface area contributed by atoms with Crippen molar-refractivity contribution in [2.24, 2.45) is 11.3 Å². The van der Waals surface area contributed by atoms with Gasteiger partial charge in [0.1, 0.15) is 6.10 Å². The molecule has 1 saturated heterocycles. The number of carbonyl (C=O) groups is 2. The first-order chi connectivity index (χ1) is 11.4. The maximum absolute atomic E-state index is 12.3. The van der Waals surface area contributed by atoms with Crippen molar-refractivity contribution in [1.82, 2.24) is 0 Å². The van der Waals surface area contributed by atoms with Crippen LogP contribution in [-0.4, -0.2) is 24.3 Å². The molecule has 5 heteroatoms. The van der Waals surface area contributed by atoms with Crippen molar-refractivity contribution in [3.63, 3.8) is 0 Å². The Labute approximate surface area is 141 Å². The van der Waals surface area contributed by atoms with E-state index in [0.29, 0.717) is 11.1 Å². The number of esters is 2. The van der Waals surface area contributed by atoms with E-state index in [9.17, 15) is 9.59 Å². The van der Waals surface area contributed by atoms with Gasteiger partial charge in [-0.2, -0.15) is 0 Å². The van der Waals surface area contributed by atoms with Crippen LogP contribution in [0.15, 0.2) is 34.6 Å². The maximum Gasteiger partial charge on any atom is 0.338 e. The Balaban J connectivity index is 1.55. The molecule has 0 saturated carbocycles. The zero-order valence-corrected chi connectivity index (χ0v) is 14.3. The fourth-order valence-corrected chi connectivity index (χ4v) is 4.46. The number of cyclic esters (lactones) is 1. The van der Waals surface area contributed by atoms with Crippen LogP contribution >= 0.6 is 0 Å². The average Bonchev–Trinajstić information content (AvgIpc) is 3.10.